The summed E-state index contributed by atoms with van der Waals surface area (Å²) in [6.07, 6.45) is -1.91. The van der Waals surface area contributed by atoms with E-state index < -0.39 is 24.4 Å². The fourth-order valence-electron chi connectivity index (χ4n) is 5.19. The van der Waals surface area contributed by atoms with Gasteiger partial charge in [-0.25, -0.2) is 0 Å². The van der Waals surface area contributed by atoms with E-state index in [4.69, 9.17) is 33.2 Å². The maximum Gasteiger partial charge on any atom is 0.132 e. The number of hydrogen-bond acceptors (Lipinski definition) is 7. The van der Waals surface area contributed by atoms with Crippen molar-refractivity contribution >= 4 is 0 Å². The van der Waals surface area contributed by atoms with Crippen LogP contribution < -0.4 is 14.2 Å². The molecule has 42 heavy (non-hydrogen) atoms. The summed E-state index contributed by atoms with van der Waals surface area (Å²) < 4.78 is 43.4. The van der Waals surface area contributed by atoms with Gasteiger partial charge in [-0.05, 0) is 16.7 Å². The molecule has 4 aromatic carbocycles. The lowest BCUT2D eigenvalue weighted by molar-refractivity contribution is -0.0898. The van der Waals surface area contributed by atoms with Gasteiger partial charge in [-0.1, -0.05) is 91.0 Å². The zero-order chi connectivity index (χ0) is 29.1. The Hall–Kier alpha value is -3.88. The molecule has 2 unspecified atom stereocenters. The summed E-state index contributed by atoms with van der Waals surface area (Å²) in [7, 11) is 4.85. The van der Waals surface area contributed by atoms with Crippen LogP contribution in [0.2, 0.25) is 0 Å². The van der Waals surface area contributed by atoms with E-state index >= 15 is 0 Å². The monoisotopic (exact) mass is 570 g/mol. The quantitative estimate of drug-likeness (QED) is 0.171. The number of methoxy groups -OCH3 is 3. The first-order valence-electron chi connectivity index (χ1n) is 14.1. The van der Waals surface area contributed by atoms with Crippen LogP contribution in [0.1, 0.15) is 28.4 Å². The normalized spacial score (nSPS) is 19.9. The van der Waals surface area contributed by atoms with Gasteiger partial charge in [0.25, 0.3) is 0 Å². The van der Waals surface area contributed by atoms with Crippen LogP contribution in [-0.4, -0.2) is 46.2 Å². The summed E-state index contributed by atoms with van der Waals surface area (Å²) in [6, 6.07) is 33.9. The van der Waals surface area contributed by atoms with Crippen molar-refractivity contribution in [1.82, 2.24) is 0 Å². The average Bonchev–Trinajstić information content (AvgIpc) is 3.39. The highest BCUT2D eigenvalue weighted by Gasteiger charge is 2.49. The highest BCUT2D eigenvalue weighted by atomic mass is 16.6. The molecule has 0 radical (unpaired) electrons. The Morgan fingerprint density at radius 3 is 1.52 bits per heavy atom. The van der Waals surface area contributed by atoms with Crippen molar-refractivity contribution < 1.29 is 33.2 Å². The van der Waals surface area contributed by atoms with Gasteiger partial charge in [-0.15, -0.1) is 0 Å². The second-order valence-electron chi connectivity index (χ2n) is 10.1. The number of ether oxygens (including phenoxy) is 7. The maximum absolute atomic E-state index is 6.77. The lowest BCUT2D eigenvalue weighted by atomic mass is 9.98. The van der Waals surface area contributed by atoms with E-state index in [1.54, 1.807) is 21.3 Å². The predicted molar refractivity (Wildman–Crippen MR) is 160 cm³/mol. The number of hydrogen-bond donors (Lipinski definition) is 0. The van der Waals surface area contributed by atoms with Crippen LogP contribution in [0, 0.1) is 0 Å². The first kappa shape index (κ1) is 29.6. The Balaban J connectivity index is 1.48. The third kappa shape index (κ3) is 7.30. The van der Waals surface area contributed by atoms with Crippen LogP contribution in [0.3, 0.4) is 0 Å². The smallest absolute Gasteiger partial charge is 0.132 e. The standard InChI is InChI=1S/C35H38O7/c1-36-28-19-29(37-2)32(30(20-28)38-3)34-35(41-23-27-17-11-6-12-18-27)33(40-22-26-15-9-5-10-16-26)31(42-34)24-39-21-25-13-7-4-8-14-25/h4-20,31,33-35H,21-24H2,1-3H3/t31-,33?,34+,35?/m1/s1. The van der Waals surface area contributed by atoms with Gasteiger partial charge < -0.3 is 33.2 Å². The average molecular weight is 571 g/mol. The first-order valence-corrected chi connectivity index (χ1v) is 14.1. The van der Waals surface area contributed by atoms with Crippen LogP contribution in [0.4, 0.5) is 0 Å². The molecule has 0 saturated carbocycles. The molecule has 0 aliphatic carbocycles. The molecule has 220 valence electrons. The van der Waals surface area contributed by atoms with Crippen molar-refractivity contribution in [2.45, 2.75) is 44.2 Å². The van der Waals surface area contributed by atoms with Gasteiger partial charge in [0.15, 0.2) is 0 Å². The molecule has 4 aromatic rings. The van der Waals surface area contributed by atoms with Crippen molar-refractivity contribution in [3.05, 3.63) is 125 Å². The lowest BCUT2D eigenvalue weighted by Crippen LogP contribution is -2.37. The second-order valence-corrected chi connectivity index (χ2v) is 10.1. The van der Waals surface area contributed by atoms with Crippen LogP contribution >= 0.6 is 0 Å². The van der Waals surface area contributed by atoms with E-state index in [1.807, 2.05) is 103 Å². The molecule has 7 heteroatoms. The molecule has 1 aliphatic rings. The third-order valence-electron chi connectivity index (χ3n) is 7.31. The Morgan fingerprint density at radius 2 is 1.05 bits per heavy atom. The van der Waals surface area contributed by atoms with Gasteiger partial charge in [0.1, 0.15) is 41.7 Å². The van der Waals surface area contributed by atoms with Gasteiger partial charge in [-0.3, -0.25) is 0 Å². The molecule has 0 aromatic heterocycles. The van der Waals surface area contributed by atoms with E-state index in [2.05, 4.69) is 0 Å². The number of rotatable bonds is 14. The van der Waals surface area contributed by atoms with E-state index in [9.17, 15) is 0 Å². The lowest BCUT2D eigenvalue weighted by Gasteiger charge is -2.27. The highest BCUT2D eigenvalue weighted by molar-refractivity contribution is 5.52. The fourth-order valence-corrected chi connectivity index (χ4v) is 5.19. The van der Waals surface area contributed by atoms with Crippen molar-refractivity contribution in [3.63, 3.8) is 0 Å². The van der Waals surface area contributed by atoms with Gasteiger partial charge in [-0.2, -0.15) is 0 Å². The van der Waals surface area contributed by atoms with Crippen molar-refractivity contribution in [2.75, 3.05) is 27.9 Å². The molecule has 1 saturated heterocycles. The SMILES string of the molecule is COc1cc(OC)c([C@@H]2O[C@H](COCc3ccccc3)C(OCc3ccccc3)C2OCc2ccccc2)c(OC)c1. The van der Waals surface area contributed by atoms with E-state index in [0.29, 0.717) is 43.7 Å². The van der Waals surface area contributed by atoms with Crippen LogP contribution in [0.25, 0.3) is 0 Å². The molecule has 1 aliphatic heterocycles. The molecule has 0 amide bonds. The zero-order valence-electron chi connectivity index (χ0n) is 24.3. The van der Waals surface area contributed by atoms with E-state index in [1.165, 1.54) is 0 Å². The topological polar surface area (TPSA) is 64.6 Å². The van der Waals surface area contributed by atoms with Crippen LogP contribution in [0.5, 0.6) is 17.2 Å². The number of benzene rings is 4. The highest BCUT2D eigenvalue weighted by Crippen LogP contribution is 2.47. The molecule has 5 rings (SSSR count). The van der Waals surface area contributed by atoms with E-state index in [0.717, 1.165) is 22.3 Å². The van der Waals surface area contributed by atoms with Gasteiger partial charge in [0.2, 0.25) is 0 Å². The Labute approximate surface area is 247 Å². The molecule has 0 bridgehead atoms. The van der Waals surface area contributed by atoms with Crippen LogP contribution in [-0.2, 0) is 38.8 Å². The minimum Gasteiger partial charge on any atom is -0.496 e. The molecule has 7 nitrogen and oxygen atoms in total. The molecule has 1 heterocycles. The Kier molecular flexibility index (Phi) is 10.5. The summed E-state index contributed by atoms with van der Waals surface area (Å²) in [4.78, 5) is 0. The Morgan fingerprint density at radius 1 is 0.571 bits per heavy atom. The maximum atomic E-state index is 6.77. The molecule has 4 atom stereocenters. The molecule has 1 fully saturated rings. The summed E-state index contributed by atoms with van der Waals surface area (Å²) in [5, 5.41) is 0. The predicted octanol–water partition coefficient (Wildman–Crippen LogP) is 6.54. The van der Waals surface area contributed by atoms with E-state index in [-0.39, 0.29) is 0 Å². The van der Waals surface area contributed by atoms with Gasteiger partial charge in [0, 0.05) is 12.1 Å². The molecule has 0 N–H and O–H groups in total. The van der Waals surface area contributed by atoms with Crippen LogP contribution in [0.15, 0.2) is 103 Å². The minimum atomic E-state index is -0.560. The first-order chi connectivity index (χ1) is 20.7. The zero-order valence-corrected chi connectivity index (χ0v) is 24.3. The van der Waals surface area contributed by atoms with Crippen molar-refractivity contribution in [1.29, 1.82) is 0 Å². The summed E-state index contributed by atoms with van der Waals surface area (Å²) in [5.74, 6) is 1.78. The summed E-state index contributed by atoms with van der Waals surface area (Å²) >= 11 is 0. The largest absolute Gasteiger partial charge is 0.496 e. The summed E-state index contributed by atoms with van der Waals surface area (Å²) in [5.41, 5.74) is 3.93. The molecular formula is C35H38O7. The third-order valence-corrected chi connectivity index (χ3v) is 7.31. The van der Waals surface area contributed by atoms with Crippen molar-refractivity contribution in [2.24, 2.45) is 0 Å². The Bertz CT molecular complexity index is 1340. The van der Waals surface area contributed by atoms with Crippen molar-refractivity contribution in [3.8, 4) is 17.2 Å². The summed E-state index contributed by atoms with van der Waals surface area (Å²) in [6.45, 7) is 1.56. The molecule has 0 spiro atoms. The van der Waals surface area contributed by atoms with Gasteiger partial charge >= 0.3 is 0 Å². The second kappa shape index (κ2) is 14.8. The fraction of sp³-hybridized carbons (Fsp3) is 0.314. The molecular weight excluding hydrogens is 532 g/mol. The minimum absolute atomic E-state index is 0.316. The van der Waals surface area contributed by atoms with Gasteiger partial charge in [0.05, 0.1) is 53.3 Å².